The highest BCUT2D eigenvalue weighted by Gasteiger charge is 2.32. The van der Waals surface area contributed by atoms with Gasteiger partial charge in [0.25, 0.3) is 5.91 Å². The minimum absolute atomic E-state index is 0.0328. The number of hydrogen-bond acceptors (Lipinski definition) is 7. The maximum atomic E-state index is 12.9. The number of hydrogen-bond donors (Lipinski definition) is 3. The van der Waals surface area contributed by atoms with E-state index in [1.54, 1.807) is 29.8 Å². The van der Waals surface area contributed by atoms with Crippen LogP contribution in [0.15, 0.2) is 36.7 Å². The number of thiophene rings is 1. The summed E-state index contributed by atoms with van der Waals surface area (Å²) in [4.78, 5) is 25.0. The van der Waals surface area contributed by atoms with Gasteiger partial charge >= 0.3 is 0 Å². The largest absolute Gasteiger partial charge is 0.391 e. The van der Waals surface area contributed by atoms with E-state index in [9.17, 15) is 9.90 Å². The summed E-state index contributed by atoms with van der Waals surface area (Å²) in [5.41, 5.74) is 8.79. The van der Waals surface area contributed by atoms with Crippen LogP contribution in [-0.4, -0.2) is 46.2 Å². The highest BCUT2D eigenvalue weighted by atomic mass is 32.1. The lowest BCUT2D eigenvalue weighted by molar-refractivity contribution is 0.0785. The van der Waals surface area contributed by atoms with Gasteiger partial charge < -0.3 is 21.1 Å². The number of rotatable bonds is 5. The minimum Gasteiger partial charge on any atom is -0.391 e. The Hall–Kier alpha value is -2.55. The molecule has 3 aromatic heterocycles. The van der Waals surface area contributed by atoms with E-state index in [0.29, 0.717) is 24.5 Å². The van der Waals surface area contributed by atoms with Crippen molar-refractivity contribution in [2.75, 3.05) is 23.3 Å². The molecule has 0 spiro atoms. The molecule has 1 aliphatic rings. The number of fused-ring (bicyclic) bond motifs is 1. The van der Waals surface area contributed by atoms with E-state index in [1.807, 2.05) is 19.1 Å². The number of nitrogens with two attached hydrogens (primary N) is 1. The zero-order chi connectivity index (χ0) is 21.3. The monoisotopic (exact) mass is 425 g/mol. The standard InChI is InChI=1S/C22H27N5O2S/c1-3-4-14-9-17-20(30-14)6-5-16(25-17)22(29)26-18-10-24-8-7-19(18)27-11-13(2)21(28)15(23)12-27/h5-10,13,15,21,28H,3-4,11-12,23H2,1-2H3,(H,26,29)/t13-,15+,21+/m0/s1. The Balaban J connectivity index is 1.56. The van der Waals surface area contributed by atoms with Gasteiger partial charge in [0.05, 0.1) is 33.9 Å². The molecule has 0 unspecified atom stereocenters. The number of aliphatic hydroxyl groups excluding tert-OH is 1. The summed E-state index contributed by atoms with van der Waals surface area (Å²) >= 11 is 1.72. The van der Waals surface area contributed by atoms with Gasteiger partial charge in [-0.2, -0.15) is 0 Å². The van der Waals surface area contributed by atoms with Crippen LogP contribution >= 0.6 is 11.3 Å². The molecule has 1 amide bonds. The fourth-order valence-electron chi connectivity index (χ4n) is 3.93. The fourth-order valence-corrected chi connectivity index (χ4v) is 5.03. The molecule has 1 aliphatic heterocycles. The molecular weight excluding hydrogens is 398 g/mol. The van der Waals surface area contributed by atoms with Crippen molar-refractivity contribution >= 4 is 38.8 Å². The van der Waals surface area contributed by atoms with Gasteiger partial charge in [0.2, 0.25) is 0 Å². The number of pyridine rings is 2. The maximum Gasteiger partial charge on any atom is 0.274 e. The van der Waals surface area contributed by atoms with Gasteiger partial charge in [-0.1, -0.05) is 20.3 Å². The number of amides is 1. The van der Waals surface area contributed by atoms with Crippen LogP contribution < -0.4 is 16.0 Å². The number of nitrogens with zero attached hydrogens (tertiary/aromatic N) is 3. The average Bonchev–Trinajstić information content (AvgIpc) is 3.14. The Bertz CT molecular complexity index is 1040. The summed E-state index contributed by atoms with van der Waals surface area (Å²) < 4.78 is 1.09. The Morgan fingerprint density at radius 1 is 1.37 bits per heavy atom. The second kappa shape index (κ2) is 8.67. The molecule has 8 heteroatoms. The van der Waals surface area contributed by atoms with E-state index in [1.165, 1.54) is 4.88 Å². The predicted molar refractivity (Wildman–Crippen MR) is 121 cm³/mol. The van der Waals surface area contributed by atoms with Crippen LogP contribution in [0.4, 0.5) is 11.4 Å². The summed E-state index contributed by atoms with van der Waals surface area (Å²) in [5, 5.41) is 13.1. The molecule has 0 bridgehead atoms. The molecule has 4 heterocycles. The van der Waals surface area contributed by atoms with E-state index < -0.39 is 6.10 Å². The number of nitrogens with one attached hydrogen (secondary N) is 1. The van der Waals surface area contributed by atoms with Gasteiger partial charge in [-0.3, -0.25) is 9.78 Å². The maximum absolute atomic E-state index is 12.9. The molecule has 7 nitrogen and oxygen atoms in total. The minimum atomic E-state index is -0.528. The molecule has 0 aromatic carbocycles. The van der Waals surface area contributed by atoms with Crippen molar-refractivity contribution in [1.29, 1.82) is 0 Å². The lowest BCUT2D eigenvalue weighted by Crippen LogP contribution is -2.55. The molecule has 3 atom stereocenters. The van der Waals surface area contributed by atoms with Crippen LogP contribution in [0, 0.1) is 5.92 Å². The van der Waals surface area contributed by atoms with Crippen molar-refractivity contribution < 1.29 is 9.90 Å². The highest BCUT2D eigenvalue weighted by molar-refractivity contribution is 7.19. The summed E-state index contributed by atoms with van der Waals surface area (Å²) in [5.74, 6) is -0.241. The van der Waals surface area contributed by atoms with E-state index in [-0.39, 0.29) is 17.9 Å². The molecule has 4 rings (SSSR count). The molecule has 3 aromatic rings. The molecule has 30 heavy (non-hydrogen) atoms. The van der Waals surface area contributed by atoms with Gasteiger partial charge in [0, 0.05) is 36.1 Å². The Labute approximate surface area is 179 Å². The smallest absolute Gasteiger partial charge is 0.274 e. The van der Waals surface area contributed by atoms with Gasteiger partial charge in [0.15, 0.2) is 0 Å². The first-order valence-electron chi connectivity index (χ1n) is 10.3. The normalized spacial score (nSPS) is 21.7. The summed E-state index contributed by atoms with van der Waals surface area (Å²) in [7, 11) is 0. The van der Waals surface area contributed by atoms with Crippen LogP contribution in [-0.2, 0) is 6.42 Å². The third kappa shape index (κ3) is 4.16. The summed E-state index contributed by atoms with van der Waals surface area (Å²) in [6, 6.07) is 7.30. The molecule has 0 radical (unpaired) electrons. The van der Waals surface area contributed by atoms with Crippen LogP contribution in [0.5, 0.6) is 0 Å². The first kappa shape index (κ1) is 20.7. The van der Waals surface area contributed by atoms with Crippen LogP contribution in [0.1, 0.15) is 35.6 Å². The molecule has 0 saturated carbocycles. The van der Waals surface area contributed by atoms with E-state index in [0.717, 1.165) is 28.7 Å². The van der Waals surface area contributed by atoms with Gasteiger partial charge in [-0.25, -0.2) is 4.98 Å². The average molecular weight is 426 g/mol. The Morgan fingerprint density at radius 2 is 2.20 bits per heavy atom. The van der Waals surface area contributed by atoms with Gasteiger partial charge in [0.1, 0.15) is 5.69 Å². The number of carbonyl (C=O) groups is 1. The summed E-state index contributed by atoms with van der Waals surface area (Å²) in [6.45, 7) is 5.29. The molecule has 0 aliphatic carbocycles. The third-order valence-electron chi connectivity index (χ3n) is 5.50. The fraction of sp³-hybridized carbons (Fsp3) is 0.409. The Kier molecular flexibility index (Phi) is 5.99. The lowest BCUT2D eigenvalue weighted by atomic mass is 9.92. The van der Waals surface area contributed by atoms with E-state index in [4.69, 9.17) is 5.73 Å². The number of piperidine rings is 1. The second-order valence-electron chi connectivity index (χ2n) is 7.93. The number of carbonyl (C=O) groups excluding carboxylic acids is 1. The first-order chi connectivity index (χ1) is 14.5. The Morgan fingerprint density at radius 3 is 2.97 bits per heavy atom. The van der Waals surface area contributed by atoms with Gasteiger partial charge in [-0.15, -0.1) is 11.3 Å². The molecule has 1 saturated heterocycles. The van der Waals surface area contributed by atoms with Crippen LogP contribution in [0.3, 0.4) is 0 Å². The topological polar surface area (TPSA) is 104 Å². The molecule has 1 fully saturated rings. The van der Waals surface area contributed by atoms with Gasteiger partial charge in [-0.05, 0) is 30.7 Å². The van der Waals surface area contributed by atoms with E-state index >= 15 is 0 Å². The lowest BCUT2D eigenvalue weighted by Gasteiger charge is -2.40. The number of aromatic nitrogens is 2. The quantitative estimate of drug-likeness (QED) is 0.580. The van der Waals surface area contributed by atoms with Crippen molar-refractivity contribution in [2.45, 2.75) is 38.8 Å². The zero-order valence-electron chi connectivity index (χ0n) is 17.2. The zero-order valence-corrected chi connectivity index (χ0v) is 18.0. The van der Waals surface area contributed by atoms with Crippen molar-refractivity contribution in [3.63, 3.8) is 0 Å². The molecule has 158 valence electrons. The molecular formula is C22H27N5O2S. The van der Waals surface area contributed by atoms with Crippen molar-refractivity contribution in [1.82, 2.24) is 9.97 Å². The number of aliphatic hydroxyl groups is 1. The molecule has 4 N–H and O–H groups in total. The van der Waals surface area contributed by atoms with Crippen molar-refractivity contribution in [3.8, 4) is 0 Å². The second-order valence-corrected chi connectivity index (χ2v) is 9.09. The third-order valence-corrected chi connectivity index (χ3v) is 6.65. The van der Waals surface area contributed by atoms with Crippen molar-refractivity contribution in [3.05, 3.63) is 47.2 Å². The van der Waals surface area contributed by atoms with Crippen molar-refractivity contribution in [2.24, 2.45) is 11.7 Å². The number of aryl methyl sites for hydroxylation is 1. The highest BCUT2D eigenvalue weighted by Crippen LogP contribution is 2.30. The first-order valence-corrected chi connectivity index (χ1v) is 11.1. The van der Waals surface area contributed by atoms with Crippen LogP contribution in [0.25, 0.3) is 10.2 Å². The number of anilines is 2. The van der Waals surface area contributed by atoms with E-state index in [2.05, 4.69) is 33.2 Å². The SMILES string of the molecule is CCCc1cc2nc(C(=O)Nc3cnccc3N3C[C@@H](N)[C@H](O)[C@@H](C)C3)ccc2s1. The van der Waals surface area contributed by atoms with Crippen LogP contribution in [0.2, 0.25) is 0 Å². The predicted octanol–water partition coefficient (Wildman–Crippen LogP) is 3.04. The summed E-state index contributed by atoms with van der Waals surface area (Å²) in [6.07, 6.45) is 4.90.